The molecule has 7 nitrogen and oxygen atoms in total. The molecule has 4 rings (SSSR count). The molecule has 0 bridgehead atoms. The maximum absolute atomic E-state index is 12.9. The van der Waals surface area contributed by atoms with Crippen LogP contribution in [0.1, 0.15) is 50.4 Å². The molecule has 2 atom stereocenters. The summed E-state index contributed by atoms with van der Waals surface area (Å²) in [6.45, 7) is 6.88. The van der Waals surface area contributed by atoms with Crippen molar-refractivity contribution in [1.82, 2.24) is 14.0 Å². The Morgan fingerprint density at radius 3 is 2.69 bits per heavy atom. The van der Waals surface area contributed by atoms with Crippen LogP contribution in [0.4, 0.5) is 5.69 Å². The van der Waals surface area contributed by atoms with Crippen LogP contribution in [0.25, 0.3) is 16.6 Å². The highest BCUT2D eigenvalue weighted by molar-refractivity contribution is 6.36. The Kier molecular flexibility index (Phi) is 7.59. The zero-order chi connectivity index (χ0) is 25.3. The molecule has 3 aromatic heterocycles. The number of nitrogens with one attached hydrogen (secondary N) is 2. The molecule has 1 aromatic carbocycles. The van der Waals surface area contributed by atoms with E-state index >= 15 is 0 Å². The van der Waals surface area contributed by atoms with E-state index in [1.807, 2.05) is 42.6 Å². The molecule has 2 N–H and O–H groups in total. The number of halogens is 2. The number of hydrogen-bond acceptors (Lipinski definition) is 3. The van der Waals surface area contributed by atoms with E-state index in [4.69, 9.17) is 27.9 Å². The molecule has 0 radical (unpaired) electrons. The summed E-state index contributed by atoms with van der Waals surface area (Å²) in [6.07, 6.45) is 3.59. The first-order chi connectivity index (χ1) is 16.7. The van der Waals surface area contributed by atoms with Crippen molar-refractivity contribution in [2.24, 2.45) is 0 Å². The lowest BCUT2D eigenvalue weighted by Crippen LogP contribution is -3.02. The van der Waals surface area contributed by atoms with Crippen molar-refractivity contribution >= 4 is 51.4 Å². The number of carbonyl (C=O) groups excluding carboxylic acids is 1. The zero-order valence-electron chi connectivity index (χ0n) is 20.5. The molecule has 0 saturated heterocycles. The van der Waals surface area contributed by atoms with Gasteiger partial charge in [-0.25, -0.2) is 4.79 Å². The molecular formula is C26H31Cl2N4O3+. The molecule has 0 saturated carbocycles. The summed E-state index contributed by atoms with van der Waals surface area (Å²) in [4.78, 5) is 29.2. The van der Waals surface area contributed by atoms with Gasteiger partial charge in [0.1, 0.15) is 12.2 Å². The van der Waals surface area contributed by atoms with Gasteiger partial charge in [-0.2, -0.15) is 0 Å². The first kappa shape index (κ1) is 25.4. The maximum Gasteiger partial charge on any atom is 0.326 e. The highest BCUT2D eigenvalue weighted by Gasteiger charge is 2.22. The first-order valence-corrected chi connectivity index (χ1v) is 12.7. The summed E-state index contributed by atoms with van der Waals surface area (Å²) < 4.78 is 8.89. The lowest BCUT2D eigenvalue weighted by Gasteiger charge is -2.18. The molecule has 0 aliphatic rings. The number of fused-ring (bicyclic) bond motifs is 2. The Hall–Kier alpha value is -2.74. The molecule has 35 heavy (non-hydrogen) atoms. The predicted octanol–water partition coefficient (Wildman–Crippen LogP) is 4.84. The van der Waals surface area contributed by atoms with Gasteiger partial charge in [0.2, 0.25) is 0 Å². The van der Waals surface area contributed by atoms with Crippen molar-refractivity contribution in [3.05, 3.63) is 68.3 Å². The Morgan fingerprint density at radius 2 is 1.97 bits per heavy atom. The van der Waals surface area contributed by atoms with Crippen molar-refractivity contribution in [1.29, 1.82) is 0 Å². The number of H-pyrrole nitrogens is 1. The van der Waals surface area contributed by atoms with Gasteiger partial charge in [-0.05, 0) is 38.5 Å². The van der Waals surface area contributed by atoms with Gasteiger partial charge in [0.05, 0.1) is 46.7 Å². The molecule has 0 fully saturated rings. The number of esters is 1. The molecular weight excluding hydrogens is 487 g/mol. The average molecular weight is 518 g/mol. The van der Waals surface area contributed by atoms with E-state index in [0.717, 1.165) is 44.8 Å². The topological polar surface area (TPSA) is 72.9 Å². The normalized spacial score (nSPS) is 13.4. The second-order valence-corrected chi connectivity index (χ2v) is 9.82. The van der Waals surface area contributed by atoms with Gasteiger partial charge in [0.15, 0.2) is 0 Å². The van der Waals surface area contributed by atoms with Crippen molar-refractivity contribution < 1.29 is 14.4 Å². The number of hydrogen-bond donors (Lipinski definition) is 2. The quantitative estimate of drug-likeness (QED) is 0.312. The number of nitrogens with zero attached hydrogens (tertiary/aromatic N) is 2. The predicted molar refractivity (Wildman–Crippen MR) is 140 cm³/mol. The summed E-state index contributed by atoms with van der Waals surface area (Å²) in [5.41, 5.74) is 5.47. The van der Waals surface area contributed by atoms with Crippen molar-refractivity contribution in [2.45, 2.75) is 52.6 Å². The van der Waals surface area contributed by atoms with E-state index in [9.17, 15) is 9.59 Å². The Morgan fingerprint density at radius 1 is 1.20 bits per heavy atom. The monoisotopic (exact) mass is 517 g/mol. The summed E-state index contributed by atoms with van der Waals surface area (Å²) in [6, 6.07) is 9.59. The van der Waals surface area contributed by atoms with Gasteiger partial charge < -0.3 is 19.0 Å². The summed E-state index contributed by atoms with van der Waals surface area (Å²) in [5, 5.41) is 1.21. The highest BCUT2D eigenvalue weighted by atomic mass is 35.5. The van der Waals surface area contributed by atoms with E-state index in [2.05, 4.69) is 18.1 Å². The second kappa shape index (κ2) is 10.5. The van der Waals surface area contributed by atoms with E-state index in [1.165, 1.54) is 0 Å². The molecule has 2 unspecified atom stereocenters. The van der Waals surface area contributed by atoms with Gasteiger partial charge in [-0.3, -0.25) is 9.36 Å². The van der Waals surface area contributed by atoms with Crippen LogP contribution in [0, 0.1) is 6.92 Å². The first-order valence-electron chi connectivity index (χ1n) is 11.9. The van der Waals surface area contributed by atoms with Crippen LogP contribution >= 0.6 is 23.2 Å². The van der Waals surface area contributed by atoms with Gasteiger partial charge in [-0.15, -0.1) is 0 Å². The minimum atomic E-state index is -0.293. The van der Waals surface area contributed by atoms with Gasteiger partial charge in [0.25, 0.3) is 0 Å². The zero-order valence-corrected chi connectivity index (χ0v) is 22.0. The molecule has 3 heterocycles. The fourth-order valence-corrected chi connectivity index (χ4v) is 5.44. The van der Waals surface area contributed by atoms with Crippen molar-refractivity contribution in [2.75, 3.05) is 13.7 Å². The van der Waals surface area contributed by atoms with Crippen molar-refractivity contribution in [3.8, 4) is 0 Å². The van der Waals surface area contributed by atoms with E-state index < -0.39 is 0 Å². The Bertz CT molecular complexity index is 1440. The van der Waals surface area contributed by atoms with Crippen LogP contribution in [0.2, 0.25) is 10.0 Å². The highest BCUT2D eigenvalue weighted by Crippen LogP contribution is 2.28. The van der Waals surface area contributed by atoms with Crippen LogP contribution in [0.3, 0.4) is 0 Å². The molecule has 4 aromatic rings. The van der Waals surface area contributed by atoms with Crippen LogP contribution in [0.15, 0.2) is 41.3 Å². The minimum Gasteiger partial charge on any atom is -0.466 e. The van der Waals surface area contributed by atoms with Gasteiger partial charge in [0, 0.05) is 35.6 Å². The number of rotatable bonds is 9. The number of aryl methyl sites for hydroxylation is 1. The molecule has 0 amide bonds. The minimum absolute atomic E-state index is 0.165. The largest absolute Gasteiger partial charge is 0.466 e. The van der Waals surface area contributed by atoms with Crippen LogP contribution in [-0.4, -0.2) is 33.6 Å². The standard InChI is InChI=1S/C26H30Cl2N4O3/c1-5-7-20(13-24(33)35-6-2)32-23-12-19(8-9-22(23)29-26(32)34)30(4)14-17-10-16(3)31-15-18(27)11-21(28)25(17)31/h8-12,15,20H,5-7,13-14H2,1-4H3,(H,29,34)/p+1. The summed E-state index contributed by atoms with van der Waals surface area (Å²) in [7, 11) is 2.08. The lowest BCUT2D eigenvalue weighted by molar-refractivity contribution is -0.825. The number of pyridine rings is 1. The fraction of sp³-hybridized carbons (Fsp3) is 0.385. The molecule has 9 heteroatoms. The second-order valence-electron chi connectivity index (χ2n) is 8.98. The third-order valence-electron chi connectivity index (χ3n) is 6.41. The number of imidazole rings is 1. The number of quaternary nitrogens is 1. The van der Waals surface area contributed by atoms with Gasteiger partial charge in [-0.1, -0.05) is 36.5 Å². The number of carbonyl (C=O) groups is 1. The van der Waals surface area contributed by atoms with E-state index in [-0.39, 0.29) is 24.1 Å². The summed E-state index contributed by atoms with van der Waals surface area (Å²) >= 11 is 12.8. The molecule has 0 aliphatic carbocycles. The molecule has 0 aliphatic heterocycles. The van der Waals surface area contributed by atoms with E-state index in [0.29, 0.717) is 29.6 Å². The number of ether oxygens (including phenoxy) is 1. The number of aromatic amines is 1. The lowest BCUT2D eigenvalue weighted by atomic mass is 10.1. The molecule has 186 valence electrons. The average Bonchev–Trinajstić information content (AvgIpc) is 3.28. The number of benzene rings is 1. The maximum atomic E-state index is 12.9. The van der Waals surface area contributed by atoms with Crippen LogP contribution in [0.5, 0.6) is 0 Å². The van der Waals surface area contributed by atoms with E-state index in [1.54, 1.807) is 17.6 Å². The van der Waals surface area contributed by atoms with Crippen molar-refractivity contribution in [3.63, 3.8) is 0 Å². The Labute approximate surface area is 214 Å². The Balaban J connectivity index is 1.70. The van der Waals surface area contributed by atoms with Gasteiger partial charge >= 0.3 is 11.7 Å². The smallest absolute Gasteiger partial charge is 0.326 e. The molecule has 0 spiro atoms. The SMILES string of the molecule is CCCC(CC(=O)OCC)n1c(=O)[nH]c2ccc([NH+](C)Cc3cc(C)n4cc(Cl)cc(Cl)c34)cc21. The van der Waals surface area contributed by atoms with Crippen LogP contribution in [-0.2, 0) is 16.1 Å². The third-order valence-corrected chi connectivity index (χ3v) is 6.91. The third kappa shape index (κ3) is 5.13. The summed E-state index contributed by atoms with van der Waals surface area (Å²) in [5.74, 6) is -0.293. The number of aromatic nitrogens is 3. The van der Waals surface area contributed by atoms with Crippen LogP contribution < -0.4 is 10.6 Å². The fourth-order valence-electron chi connectivity index (χ4n) is 4.85.